The van der Waals surface area contributed by atoms with Crippen LogP contribution in [0.15, 0.2) is 11.1 Å². The lowest BCUT2D eigenvalue weighted by molar-refractivity contribution is -0.109. The summed E-state index contributed by atoms with van der Waals surface area (Å²) >= 11 is 10.6. The second-order valence-corrected chi connectivity index (χ2v) is 4.33. The minimum Gasteiger partial charge on any atom is -0.505 e. The fourth-order valence-corrected chi connectivity index (χ4v) is 2.22. The molecular formula is C10H8ClN3O2S. The molecule has 2 rings (SSSR count). The smallest absolute Gasteiger partial charge is 0.219 e. The number of carbonyl (C=O) groups is 1. The summed E-state index contributed by atoms with van der Waals surface area (Å²) < 4.78 is 0. The van der Waals surface area contributed by atoms with Gasteiger partial charge >= 0.3 is 0 Å². The third-order valence-corrected chi connectivity index (χ3v) is 3.25. The zero-order chi connectivity index (χ0) is 12.9. The van der Waals surface area contributed by atoms with E-state index in [2.05, 4.69) is 0 Å². The number of aliphatic hydroxyl groups is 1. The Kier molecular flexibility index (Phi) is 2.48. The molecule has 0 fully saturated rings. The summed E-state index contributed by atoms with van der Waals surface area (Å²) in [4.78, 5) is 11.5. The maximum atomic E-state index is 11.6. The van der Waals surface area contributed by atoms with Crippen LogP contribution in [0.1, 0.15) is 11.1 Å². The number of carbonyl (C=O) groups excluding carboxylic acids is 1. The Labute approximate surface area is 107 Å². The molecule has 0 bridgehead atoms. The molecule has 1 aromatic rings. The zero-order valence-corrected chi connectivity index (χ0v) is 10.0. The van der Waals surface area contributed by atoms with Crippen LogP contribution < -0.4 is 17.2 Å². The van der Waals surface area contributed by atoms with Gasteiger partial charge in [0.05, 0.1) is 21.8 Å². The number of benzene rings is 1. The summed E-state index contributed by atoms with van der Waals surface area (Å²) in [5.74, 6) is -1.09. The van der Waals surface area contributed by atoms with Gasteiger partial charge in [-0.1, -0.05) is 23.8 Å². The zero-order valence-electron chi connectivity index (χ0n) is 8.45. The molecule has 0 atom stereocenters. The number of aliphatic hydroxyl groups excluding tert-OH is 1. The number of Topliss-reactive ketones (excluding diaryl/α,β-unsaturated/α-hetero) is 1. The van der Waals surface area contributed by atoms with Crippen LogP contribution >= 0.6 is 23.8 Å². The first-order valence-electron chi connectivity index (χ1n) is 4.51. The molecule has 0 heterocycles. The second-order valence-electron chi connectivity index (χ2n) is 3.54. The molecule has 0 radical (unpaired) electrons. The molecule has 7 N–H and O–H groups in total. The number of hydrogen-bond donors (Lipinski definition) is 4. The molecule has 0 saturated carbocycles. The highest BCUT2D eigenvalue weighted by Gasteiger charge is 2.33. The lowest BCUT2D eigenvalue weighted by Gasteiger charge is -2.21. The SMILES string of the molecule is Nc1cc(N)c2c(c1N)C(=S)C(=O)C(Cl)=C2O. The summed E-state index contributed by atoms with van der Waals surface area (Å²) in [6, 6.07) is 1.38. The van der Waals surface area contributed by atoms with Crippen LogP contribution in [0.4, 0.5) is 17.1 Å². The van der Waals surface area contributed by atoms with Gasteiger partial charge in [0.2, 0.25) is 5.78 Å². The molecule has 0 aliphatic heterocycles. The predicted octanol–water partition coefficient (Wildman–Crippen LogP) is 1.20. The highest BCUT2D eigenvalue weighted by Crippen LogP contribution is 2.39. The van der Waals surface area contributed by atoms with Gasteiger partial charge in [-0.2, -0.15) is 0 Å². The number of fused-ring (bicyclic) bond motifs is 1. The van der Waals surface area contributed by atoms with Crippen molar-refractivity contribution in [1.82, 2.24) is 0 Å². The lowest BCUT2D eigenvalue weighted by atomic mass is 9.91. The molecular weight excluding hydrogens is 262 g/mol. The third-order valence-electron chi connectivity index (χ3n) is 2.51. The van der Waals surface area contributed by atoms with Crippen LogP contribution in [0.5, 0.6) is 0 Å². The van der Waals surface area contributed by atoms with E-state index in [0.29, 0.717) is 0 Å². The van der Waals surface area contributed by atoms with E-state index in [1.807, 2.05) is 0 Å². The van der Waals surface area contributed by atoms with E-state index >= 15 is 0 Å². The van der Waals surface area contributed by atoms with Gasteiger partial charge in [-0.15, -0.1) is 0 Å². The normalized spacial score (nSPS) is 15.1. The van der Waals surface area contributed by atoms with Crippen LogP contribution in [-0.4, -0.2) is 15.8 Å². The average Bonchev–Trinajstić information content (AvgIpc) is 2.28. The quantitative estimate of drug-likeness (QED) is 0.415. The highest BCUT2D eigenvalue weighted by atomic mass is 35.5. The number of rotatable bonds is 0. The van der Waals surface area contributed by atoms with Crippen LogP contribution in [0.25, 0.3) is 5.76 Å². The summed E-state index contributed by atoms with van der Waals surface area (Å²) in [6.07, 6.45) is 0. The van der Waals surface area contributed by atoms with E-state index in [1.54, 1.807) is 0 Å². The fraction of sp³-hybridized carbons (Fsp3) is 0. The van der Waals surface area contributed by atoms with Gasteiger partial charge in [-0.05, 0) is 6.07 Å². The number of halogens is 1. The minimum atomic E-state index is -0.664. The standard InChI is InChI=1S/C10H8ClN3O2S/c11-6-8(15)4-2(12)1-3(13)7(14)5(4)10(17)9(6)16/h1,15H,12-14H2. The Bertz CT molecular complexity index is 610. The average molecular weight is 270 g/mol. The monoisotopic (exact) mass is 269 g/mol. The van der Waals surface area contributed by atoms with E-state index in [4.69, 9.17) is 41.0 Å². The molecule has 7 heteroatoms. The van der Waals surface area contributed by atoms with Gasteiger partial charge in [-0.3, -0.25) is 4.79 Å². The van der Waals surface area contributed by atoms with Crippen molar-refractivity contribution in [3.05, 3.63) is 22.2 Å². The number of allylic oxidation sites excluding steroid dienone is 1. The Morgan fingerprint density at radius 2 is 1.76 bits per heavy atom. The number of nitrogens with two attached hydrogens (primary N) is 3. The summed E-state index contributed by atoms with van der Waals surface area (Å²) in [6.45, 7) is 0. The van der Waals surface area contributed by atoms with Crippen LogP contribution in [-0.2, 0) is 4.79 Å². The number of thiocarbonyl (C=S) groups is 1. The number of nitrogen functional groups attached to an aromatic ring is 3. The molecule has 1 aliphatic rings. The molecule has 88 valence electrons. The van der Waals surface area contributed by atoms with Crippen molar-refractivity contribution >= 4 is 57.3 Å². The Balaban J connectivity index is 2.95. The second kappa shape index (κ2) is 3.61. The Hall–Kier alpha value is -1.79. The topological polar surface area (TPSA) is 115 Å². The van der Waals surface area contributed by atoms with E-state index in [-0.39, 0.29) is 38.1 Å². The Morgan fingerprint density at radius 1 is 1.18 bits per heavy atom. The maximum Gasteiger partial charge on any atom is 0.219 e. The molecule has 0 saturated heterocycles. The first-order chi connectivity index (χ1) is 7.86. The van der Waals surface area contributed by atoms with E-state index in [1.165, 1.54) is 6.07 Å². The molecule has 0 unspecified atom stereocenters. The Morgan fingerprint density at radius 3 is 2.35 bits per heavy atom. The fourth-order valence-electron chi connectivity index (χ4n) is 1.66. The summed E-state index contributed by atoms with van der Waals surface area (Å²) in [5.41, 5.74) is 17.9. The molecule has 17 heavy (non-hydrogen) atoms. The van der Waals surface area contributed by atoms with Gasteiger partial charge in [0.15, 0.2) is 0 Å². The molecule has 0 spiro atoms. The maximum absolute atomic E-state index is 11.6. The van der Waals surface area contributed by atoms with Crippen molar-refractivity contribution in [2.45, 2.75) is 0 Å². The van der Waals surface area contributed by atoms with Crippen molar-refractivity contribution in [3.8, 4) is 0 Å². The van der Waals surface area contributed by atoms with Gasteiger partial charge < -0.3 is 22.3 Å². The molecule has 1 aliphatic carbocycles. The predicted molar refractivity (Wildman–Crippen MR) is 71.8 cm³/mol. The summed E-state index contributed by atoms with van der Waals surface area (Å²) in [7, 11) is 0. The largest absolute Gasteiger partial charge is 0.505 e. The molecule has 0 amide bonds. The summed E-state index contributed by atoms with van der Waals surface area (Å²) in [5, 5.41) is 9.44. The molecule has 1 aromatic carbocycles. The van der Waals surface area contributed by atoms with Crippen molar-refractivity contribution in [2.75, 3.05) is 17.2 Å². The number of ketones is 1. The highest BCUT2D eigenvalue weighted by molar-refractivity contribution is 7.82. The lowest BCUT2D eigenvalue weighted by Crippen LogP contribution is -2.24. The number of anilines is 3. The van der Waals surface area contributed by atoms with Gasteiger partial charge in [-0.25, -0.2) is 0 Å². The van der Waals surface area contributed by atoms with E-state index in [0.717, 1.165) is 0 Å². The minimum absolute atomic E-state index is 0.0979. The molecule has 5 nitrogen and oxygen atoms in total. The van der Waals surface area contributed by atoms with Gasteiger partial charge in [0.25, 0.3) is 0 Å². The van der Waals surface area contributed by atoms with Crippen molar-refractivity contribution in [3.63, 3.8) is 0 Å². The van der Waals surface area contributed by atoms with Crippen molar-refractivity contribution in [2.24, 2.45) is 0 Å². The molecule has 0 aromatic heterocycles. The van der Waals surface area contributed by atoms with Gasteiger partial charge in [0, 0.05) is 11.3 Å². The van der Waals surface area contributed by atoms with Crippen molar-refractivity contribution < 1.29 is 9.90 Å². The first-order valence-corrected chi connectivity index (χ1v) is 5.30. The first kappa shape index (κ1) is 11.7. The van der Waals surface area contributed by atoms with Gasteiger partial charge in [0.1, 0.15) is 10.8 Å². The van der Waals surface area contributed by atoms with E-state index < -0.39 is 11.5 Å². The van der Waals surface area contributed by atoms with E-state index in [9.17, 15) is 9.90 Å². The van der Waals surface area contributed by atoms with Crippen LogP contribution in [0, 0.1) is 0 Å². The van der Waals surface area contributed by atoms with Crippen LogP contribution in [0.3, 0.4) is 0 Å². The van der Waals surface area contributed by atoms with Crippen LogP contribution in [0.2, 0.25) is 0 Å². The number of hydrogen-bond acceptors (Lipinski definition) is 6. The van der Waals surface area contributed by atoms with Crippen molar-refractivity contribution in [1.29, 1.82) is 0 Å². The third kappa shape index (κ3) is 1.45.